The molecule has 0 radical (unpaired) electrons. The Labute approximate surface area is 148 Å². The van der Waals surface area contributed by atoms with Crippen molar-refractivity contribution in [1.82, 2.24) is 10.1 Å². The number of anilines is 1. The zero-order valence-electron chi connectivity index (χ0n) is 13.3. The van der Waals surface area contributed by atoms with E-state index < -0.39 is 29.2 Å². The molecule has 0 fully saturated rings. The Kier molecular flexibility index (Phi) is 3.91. The number of hydrogen-bond donors (Lipinski definition) is 2. The second kappa shape index (κ2) is 6.27. The summed E-state index contributed by atoms with van der Waals surface area (Å²) in [6, 6.07) is 5.97. The molecule has 9 heteroatoms. The number of benzene rings is 2. The van der Waals surface area contributed by atoms with E-state index in [0.717, 1.165) is 24.3 Å². The van der Waals surface area contributed by atoms with Crippen LogP contribution < -0.4 is 5.32 Å². The molecule has 136 valence electrons. The van der Waals surface area contributed by atoms with Crippen LogP contribution in [-0.2, 0) is 0 Å². The van der Waals surface area contributed by atoms with E-state index in [-0.39, 0.29) is 28.1 Å². The number of rotatable bonds is 3. The first-order chi connectivity index (χ1) is 12.9. The van der Waals surface area contributed by atoms with Crippen LogP contribution in [0.25, 0.3) is 22.2 Å². The van der Waals surface area contributed by atoms with Gasteiger partial charge in [0.25, 0.3) is 5.91 Å². The molecule has 1 amide bonds. The maximum atomic E-state index is 13.8. The van der Waals surface area contributed by atoms with Gasteiger partial charge in [-0.3, -0.25) is 4.79 Å². The zero-order valence-corrected chi connectivity index (χ0v) is 13.3. The summed E-state index contributed by atoms with van der Waals surface area (Å²) in [4.78, 5) is 15.0. The van der Waals surface area contributed by atoms with Gasteiger partial charge in [0.05, 0.1) is 16.8 Å². The number of halogens is 4. The lowest BCUT2D eigenvalue weighted by Gasteiger charge is -2.01. The lowest BCUT2D eigenvalue weighted by Crippen LogP contribution is -2.11. The Hall–Kier alpha value is -3.62. The van der Waals surface area contributed by atoms with E-state index in [4.69, 9.17) is 4.52 Å². The lowest BCUT2D eigenvalue weighted by atomic mass is 10.1. The molecule has 4 aromatic rings. The topological polar surface area (TPSA) is 70.9 Å². The van der Waals surface area contributed by atoms with Crippen molar-refractivity contribution < 1.29 is 26.9 Å². The predicted octanol–water partition coefficient (Wildman–Crippen LogP) is 4.63. The quantitative estimate of drug-likeness (QED) is 0.513. The number of fused-ring (bicyclic) bond motifs is 1. The predicted molar refractivity (Wildman–Crippen MR) is 88.0 cm³/mol. The highest BCUT2D eigenvalue weighted by atomic mass is 19.2. The second-order valence-electron chi connectivity index (χ2n) is 5.67. The highest BCUT2D eigenvalue weighted by Crippen LogP contribution is 2.27. The molecular formula is C18H9F4N3O2. The van der Waals surface area contributed by atoms with Crippen molar-refractivity contribution in [2.45, 2.75) is 0 Å². The van der Waals surface area contributed by atoms with Crippen LogP contribution in [0.15, 0.2) is 47.1 Å². The summed E-state index contributed by atoms with van der Waals surface area (Å²) in [5, 5.41) is 6.30. The van der Waals surface area contributed by atoms with Gasteiger partial charge in [-0.2, -0.15) is 0 Å². The Morgan fingerprint density at radius 1 is 1.00 bits per heavy atom. The highest BCUT2D eigenvalue weighted by Gasteiger charge is 2.18. The van der Waals surface area contributed by atoms with Crippen LogP contribution in [0.3, 0.4) is 0 Å². The first-order valence-electron chi connectivity index (χ1n) is 7.62. The van der Waals surface area contributed by atoms with E-state index in [1.165, 1.54) is 12.3 Å². The number of amides is 1. The van der Waals surface area contributed by atoms with Crippen molar-refractivity contribution >= 4 is 22.5 Å². The summed E-state index contributed by atoms with van der Waals surface area (Å²) in [5.74, 6) is -4.48. The average molecular weight is 375 g/mol. The Bertz CT molecular complexity index is 1180. The van der Waals surface area contributed by atoms with Crippen LogP contribution in [0.4, 0.5) is 23.2 Å². The van der Waals surface area contributed by atoms with Crippen molar-refractivity contribution in [2.24, 2.45) is 0 Å². The molecule has 4 rings (SSSR count). The molecule has 0 saturated carbocycles. The number of carbonyl (C=O) groups is 1. The van der Waals surface area contributed by atoms with Gasteiger partial charge in [0.15, 0.2) is 23.1 Å². The van der Waals surface area contributed by atoms with Crippen LogP contribution in [0, 0.1) is 23.3 Å². The van der Waals surface area contributed by atoms with Crippen molar-refractivity contribution in [3.8, 4) is 11.3 Å². The van der Waals surface area contributed by atoms with Gasteiger partial charge < -0.3 is 14.8 Å². The molecule has 0 aliphatic carbocycles. The second-order valence-corrected chi connectivity index (χ2v) is 5.67. The maximum Gasteiger partial charge on any atom is 0.277 e. The third kappa shape index (κ3) is 3.03. The monoisotopic (exact) mass is 375 g/mol. The average Bonchev–Trinajstić information content (AvgIpc) is 3.24. The number of carbonyl (C=O) groups excluding carboxylic acids is 1. The fourth-order valence-electron chi connectivity index (χ4n) is 2.60. The molecular weight excluding hydrogens is 366 g/mol. The summed E-state index contributed by atoms with van der Waals surface area (Å²) in [5.41, 5.74) is 0.253. The van der Waals surface area contributed by atoms with Gasteiger partial charge >= 0.3 is 0 Å². The van der Waals surface area contributed by atoms with Gasteiger partial charge in [-0.05, 0) is 18.2 Å². The molecule has 0 unspecified atom stereocenters. The van der Waals surface area contributed by atoms with Crippen LogP contribution in [0.5, 0.6) is 0 Å². The number of aromatic nitrogens is 2. The Balaban J connectivity index is 1.61. The van der Waals surface area contributed by atoms with E-state index in [1.807, 2.05) is 0 Å². The lowest BCUT2D eigenvalue weighted by molar-refractivity contribution is 0.101. The molecule has 2 aromatic carbocycles. The summed E-state index contributed by atoms with van der Waals surface area (Å²) in [6.07, 6.45) is 1.36. The molecule has 0 aliphatic heterocycles. The summed E-state index contributed by atoms with van der Waals surface area (Å²) in [7, 11) is 0. The van der Waals surface area contributed by atoms with Gasteiger partial charge in [-0.25, -0.2) is 17.6 Å². The van der Waals surface area contributed by atoms with Crippen molar-refractivity contribution in [3.63, 3.8) is 0 Å². The SMILES string of the molecule is O=C(Nc1c[nH]c2cc(F)c(F)cc12)c1cc(-c2ccc(F)cc2F)on1. The summed E-state index contributed by atoms with van der Waals surface area (Å²) < 4.78 is 58.4. The van der Waals surface area contributed by atoms with E-state index in [1.54, 1.807) is 0 Å². The molecule has 2 N–H and O–H groups in total. The minimum Gasteiger partial charge on any atom is -0.359 e. The number of H-pyrrole nitrogens is 1. The van der Waals surface area contributed by atoms with Gasteiger partial charge in [-0.15, -0.1) is 0 Å². The van der Waals surface area contributed by atoms with Crippen LogP contribution >= 0.6 is 0 Å². The molecule has 0 aliphatic rings. The number of aromatic amines is 1. The Morgan fingerprint density at radius 3 is 2.56 bits per heavy atom. The van der Waals surface area contributed by atoms with Gasteiger partial charge in [-0.1, -0.05) is 5.16 Å². The normalized spacial score (nSPS) is 11.1. The molecule has 0 saturated heterocycles. The number of nitrogens with zero attached hydrogens (tertiary/aromatic N) is 1. The van der Waals surface area contributed by atoms with Gasteiger partial charge in [0, 0.05) is 29.8 Å². The van der Waals surface area contributed by atoms with Crippen LogP contribution in [0.1, 0.15) is 10.5 Å². The Morgan fingerprint density at radius 2 is 1.78 bits per heavy atom. The molecule has 0 atom stereocenters. The van der Waals surface area contributed by atoms with Crippen molar-refractivity contribution in [1.29, 1.82) is 0 Å². The van der Waals surface area contributed by atoms with Crippen LogP contribution in [0.2, 0.25) is 0 Å². The third-order valence-electron chi connectivity index (χ3n) is 3.91. The minimum atomic E-state index is -1.06. The fraction of sp³-hybridized carbons (Fsp3) is 0. The number of hydrogen-bond acceptors (Lipinski definition) is 3. The molecule has 0 bridgehead atoms. The third-order valence-corrected chi connectivity index (χ3v) is 3.91. The molecule has 27 heavy (non-hydrogen) atoms. The smallest absolute Gasteiger partial charge is 0.277 e. The zero-order chi connectivity index (χ0) is 19.1. The maximum absolute atomic E-state index is 13.8. The molecule has 2 aromatic heterocycles. The van der Waals surface area contributed by atoms with Crippen molar-refractivity contribution in [2.75, 3.05) is 5.32 Å². The van der Waals surface area contributed by atoms with E-state index in [2.05, 4.69) is 15.5 Å². The van der Waals surface area contributed by atoms with E-state index >= 15 is 0 Å². The fourth-order valence-corrected chi connectivity index (χ4v) is 2.60. The van der Waals surface area contributed by atoms with Crippen molar-refractivity contribution in [3.05, 3.63) is 71.6 Å². The summed E-state index contributed by atoms with van der Waals surface area (Å²) in [6.45, 7) is 0. The first kappa shape index (κ1) is 16.8. The molecule has 0 spiro atoms. The van der Waals surface area contributed by atoms with E-state index in [0.29, 0.717) is 11.6 Å². The molecule has 5 nitrogen and oxygen atoms in total. The largest absolute Gasteiger partial charge is 0.359 e. The number of nitrogens with one attached hydrogen (secondary N) is 2. The van der Waals surface area contributed by atoms with Gasteiger partial charge in [0.1, 0.15) is 11.6 Å². The van der Waals surface area contributed by atoms with Gasteiger partial charge in [0.2, 0.25) is 0 Å². The van der Waals surface area contributed by atoms with Crippen LogP contribution in [-0.4, -0.2) is 16.0 Å². The summed E-state index contributed by atoms with van der Waals surface area (Å²) >= 11 is 0. The first-order valence-corrected chi connectivity index (χ1v) is 7.62. The molecule has 2 heterocycles. The highest BCUT2D eigenvalue weighted by molar-refractivity contribution is 6.08. The minimum absolute atomic E-state index is 0.0624. The standard InChI is InChI=1S/C18H9F4N3O2/c19-8-1-2-9(11(20)3-8)17-6-15(25-27-17)18(26)24-16-7-23-14-5-13(22)12(21)4-10(14)16/h1-7,23H,(H,24,26). The van der Waals surface area contributed by atoms with E-state index in [9.17, 15) is 22.4 Å².